The van der Waals surface area contributed by atoms with Crippen molar-refractivity contribution >= 4 is 6.16 Å². The molecule has 0 radical (unpaired) electrons. The van der Waals surface area contributed by atoms with Gasteiger partial charge in [0.2, 0.25) is 0 Å². The fourth-order valence-corrected chi connectivity index (χ4v) is 0. The van der Waals surface area contributed by atoms with E-state index < -0.39 is 6.16 Å². The molecule has 32 valence electrons. The van der Waals surface area contributed by atoms with Crippen molar-refractivity contribution in [3.05, 3.63) is 0 Å². The minimum absolute atomic E-state index is 0. The third-order valence-corrected chi connectivity index (χ3v) is 0. The van der Waals surface area contributed by atoms with Gasteiger partial charge in [0, 0.05) is 0 Å². The molecule has 3 nitrogen and oxygen atoms in total. The standard InChI is InChI=1S/CH2O3.CH4.2Na/c2-1(3)4;;;/h(H2,2,3,4);1H4;;/q;;2*+1/p-2. The zero-order valence-corrected chi connectivity index (χ0v) is 7.72. The molecule has 5 heteroatoms. The van der Waals surface area contributed by atoms with Crippen molar-refractivity contribution in [2.24, 2.45) is 0 Å². The third kappa shape index (κ3) is 125. The van der Waals surface area contributed by atoms with Crippen LogP contribution in [0.25, 0.3) is 0 Å². The quantitative estimate of drug-likeness (QED) is 0.300. The molecule has 0 saturated carbocycles. The van der Waals surface area contributed by atoms with Gasteiger partial charge in [-0.15, -0.1) is 0 Å². The summed E-state index contributed by atoms with van der Waals surface area (Å²) in [5.41, 5.74) is 0. The average molecular weight is 122 g/mol. The van der Waals surface area contributed by atoms with Crippen LogP contribution in [0.4, 0.5) is 4.79 Å². The summed E-state index contributed by atoms with van der Waals surface area (Å²) in [5, 5.41) is 16.7. The molecule has 0 fully saturated rings. The summed E-state index contributed by atoms with van der Waals surface area (Å²) in [6, 6.07) is 0. The van der Waals surface area contributed by atoms with Crippen molar-refractivity contribution in [2.45, 2.75) is 7.43 Å². The largest absolute Gasteiger partial charge is 1.00 e. The first-order valence-electron chi connectivity index (χ1n) is 0.612. The molecule has 0 aliphatic heterocycles. The Morgan fingerprint density at radius 2 is 1.14 bits per heavy atom. The molecule has 0 N–H and O–H groups in total. The van der Waals surface area contributed by atoms with Gasteiger partial charge in [-0.3, -0.25) is 0 Å². The Kier molecular flexibility index (Phi) is 53.7. The van der Waals surface area contributed by atoms with Crippen LogP contribution in [0.15, 0.2) is 0 Å². The Balaban J connectivity index is -0.0000000150. The van der Waals surface area contributed by atoms with Crippen molar-refractivity contribution in [3.8, 4) is 0 Å². The Hall–Kier alpha value is 1.27. The predicted molar refractivity (Wildman–Crippen MR) is 12.1 cm³/mol. The smallest absolute Gasteiger partial charge is 0.652 e. The Morgan fingerprint density at radius 1 is 1.14 bits per heavy atom. The zero-order chi connectivity index (χ0) is 3.58. The summed E-state index contributed by atoms with van der Waals surface area (Å²) in [6.45, 7) is 0. The van der Waals surface area contributed by atoms with E-state index in [-0.39, 0.29) is 66.5 Å². The number of carbonyl (C=O) groups is 1. The first kappa shape index (κ1) is 24.0. The van der Waals surface area contributed by atoms with Gasteiger partial charge in [-0.2, -0.15) is 0 Å². The maximum absolute atomic E-state index is 8.33. The van der Waals surface area contributed by atoms with Crippen molar-refractivity contribution in [1.82, 2.24) is 0 Å². The van der Waals surface area contributed by atoms with Gasteiger partial charge in [0.25, 0.3) is 0 Å². The molecule has 0 aliphatic rings. The summed E-state index contributed by atoms with van der Waals surface area (Å²) < 4.78 is 0. The van der Waals surface area contributed by atoms with Crippen LogP contribution in [0.2, 0.25) is 0 Å². The fourth-order valence-electron chi connectivity index (χ4n) is 0. The minimum atomic E-state index is -2.33. The molecule has 0 aromatic carbocycles. The first-order chi connectivity index (χ1) is 1.73. The van der Waals surface area contributed by atoms with E-state index in [1.165, 1.54) is 0 Å². The monoisotopic (exact) mass is 122 g/mol. The topological polar surface area (TPSA) is 63.2 Å². The molecule has 0 amide bonds. The molecule has 0 aromatic rings. The molecular weight excluding hydrogens is 118 g/mol. The number of carboxylic acid groups (broad SMARTS) is 2. The van der Waals surface area contributed by atoms with Crippen LogP contribution >= 0.6 is 0 Å². The summed E-state index contributed by atoms with van der Waals surface area (Å²) in [4.78, 5) is 8.33. The van der Waals surface area contributed by atoms with Crippen molar-refractivity contribution in [3.63, 3.8) is 0 Å². The predicted octanol–water partition coefficient (Wildman–Crippen LogP) is -7.80. The van der Waals surface area contributed by atoms with E-state index in [2.05, 4.69) is 0 Å². The van der Waals surface area contributed by atoms with Crippen LogP contribution < -0.4 is 69.3 Å². The van der Waals surface area contributed by atoms with Crippen LogP contribution in [0.3, 0.4) is 0 Å². The van der Waals surface area contributed by atoms with Crippen LogP contribution in [0.5, 0.6) is 0 Å². The van der Waals surface area contributed by atoms with E-state index in [1.807, 2.05) is 0 Å². The van der Waals surface area contributed by atoms with Crippen LogP contribution in [-0.4, -0.2) is 6.16 Å². The van der Waals surface area contributed by atoms with Crippen molar-refractivity contribution < 1.29 is 74.1 Å². The summed E-state index contributed by atoms with van der Waals surface area (Å²) in [5.74, 6) is 0. The van der Waals surface area contributed by atoms with Crippen molar-refractivity contribution in [1.29, 1.82) is 0 Å². The van der Waals surface area contributed by atoms with Gasteiger partial charge < -0.3 is 15.0 Å². The second-order valence-corrected chi connectivity index (χ2v) is 0.250. The number of rotatable bonds is 0. The van der Waals surface area contributed by atoms with E-state index >= 15 is 0 Å². The Bertz CT molecular complexity index is 33.9. The van der Waals surface area contributed by atoms with E-state index in [9.17, 15) is 0 Å². The van der Waals surface area contributed by atoms with E-state index in [4.69, 9.17) is 15.0 Å². The molecule has 0 aromatic heterocycles. The normalized spacial score (nSPS) is 3.43. The maximum Gasteiger partial charge on any atom is 1.00 e. The minimum Gasteiger partial charge on any atom is -0.652 e. The van der Waals surface area contributed by atoms with Crippen LogP contribution in [0, 0.1) is 0 Å². The second kappa shape index (κ2) is 15.7. The van der Waals surface area contributed by atoms with Gasteiger partial charge in [0.1, 0.15) is 0 Å². The molecule has 0 spiro atoms. The Morgan fingerprint density at radius 3 is 1.14 bits per heavy atom. The van der Waals surface area contributed by atoms with Gasteiger partial charge >= 0.3 is 59.1 Å². The molecule has 0 unspecified atom stereocenters. The maximum atomic E-state index is 8.33. The van der Waals surface area contributed by atoms with Crippen molar-refractivity contribution in [2.75, 3.05) is 0 Å². The molecule has 0 aliphatic carbocycles. The molecular formula is C2H4Na2O3. The molecule has 0 rings (SSSR count). The van der Waals surface area contributed by atoms with E-state index in [0.29, 0.717) is 0 Å². The zero-order valence-electron chi connectivity index (χ0n) is 3.72. The number of hydrogen-bond acceptors (Lipinski definition) is 3. The van der Waals surface area contributed by atoms with Gasteiger partial charge in [0.05, 0.1) is 0 Å². The fraction of sp³-hybridized carbons (Fsp3) is 0.500. The molecule has 0 heterocycles. The van der Waals surface area contributed by atoms with Gasteiger partial charge in [0.15, 0.2) is 0 Å². The third-order valence-electron chi connectivity index (χ3n) is 0. The average Bonchev–Trinajstić information content (AvgIpc) is 0.811. The number of carbonyl (C=O) groups excluding carboxylic acids is 1. The number of hydrogen-bond donors (Lipinski definition) is 0. The van der Waals surface area contributed by atoms with Gasteiger partial charge in [-0.1, -0.05) is 7.43 Å². The second-order valence-electron chi connectivity index (χ2n) is 0.250. The Labute approximate surface area is 86.7 Å². The van der Waals surface area contributed by atoms with E-state index in [0.717, 1.165) is 0 Å². The molecule has 0 atom stereocenters. The van der Waals surface area contributed by atoms with Gasteiger partial charge in [-0.25, -0.2) is 0 Å². The molecule has 7 heavy (non-hydrogen) atoms. The van der Waals surface area contributed by atoms with Crippen LogP contribution in [-0.2, 0) is 0 Å². The SMILES string of the molecule is C.O=C([O-])[O-].[Na+].[Na+]. The molecule has 0 saturated heterocycles. The van der Waals surface area contributed by atoms with Crippen LogP contribution in [0.1, 0.15) is 7.43 Å². The van der Waals surface area contributed by atoms with E-state index in [1.54, 1.807) is 0 Å². The summed E-state index contributed by atoms with van der Waals surface area (Å²) >= 11 is 0. The summed E-state index contributed by atoms with van der Waals surface area (Å²) in [7, 11) is 0. The van der Waals surface area contributed by atoms with Gasteiger partial charge in [-0.05, 0) is 6.16 Å². The summed E-state index contributed by atoms with van der Waals surface area (Å²) in [6.07, 6.45) is -2.33. The molecule has 0 bridgehead atoms. The first-order valence-corrected chi connectivity index (χ1v) is 0.612.